The van der Waals surface area contributed by atoms with Gasteiger partial charge in [0.1, 0.15) is 0 Å². The van der Waals surface area contributed by atoms with Gasteiger partial charge >= 0.3 is 0 Å². The van der Waals surface area contributed by atoms with Crippen LogP contribution in [0.4, 0.5) is 5.69 Å². The zero-order chi connectivity index (χ0) is 13.5. The third-order valence-corrected chi connectivity index (χ3v) is 4.30. The lowest BCUT2D eigenvalue weighted by Gasteiger charge is -2.41. The van der Waals surface area contributed by atoms with Gasteiger partial charge in [-0.15, -0.1) is 12.4 Å². The van der Waals surface area contributed by atoms with E-state index in [2.05, 4.69) is 37.4 Å². The Bertz CT molecular complexity index is 495. The topological polar surface area (TPSA) is 32.3 Å². The standard InChI is InChI=1S/C16H22N2O.ClH/c1-12(2)10-18-14-6-4-3-5-13(14)9-16(15(18)19)7-8-17-11-16;/h3-6,12,17H,7-11H2,1-2H3;1H. The average molecular weight is 295 g/mol. The molecule has 110 valence electrons. The van der Waals surface area contributed by atoms with E-state index < -0.39 is 0 Å². The van der Waals surface area contributed by atoms with Crippen molar-refractivity contribution in [1.29, 1.82) is 0 Å². The predicted molar refractivity (Wildman–Crippen MR) is 84.5 cm³/mol. The number of amides is 1. The van der Waals surface area contributed by atoms with Gasteiger partial charge in [0.05, 0.1) is 5.41 Å². The summed E-state index contributed by atoms with van der Waals surface area (Å²) in [6.07, 6.45) is 1.86. The van der Waals surface area contributed by atoms with Crippen LogP contribution in [0.15, 0.2) is 24.3 Å². The van der Waals surface area contributed by atoms with Gasteiger partial charge in [-0.1, -0.05) is 32.0 Å². The SMILES string of the molecule is CC(C)CN1C(=O)C2(CCNC2)Cc2ccccc21.Cl. The lowest BCUT2D eigenvalue weighted by Crippen LogP contribution is -2.51. The molecule has 1 atom stereocenters. The Morgan fingerprint density at radius 2 is 2.10 bits per heavy atom. The summed E-state index contributed by atoms with van der Waals surface area (Å²) in [5.74, 6) is 0.811. The van der Waals surface area contributed by atoms with Crippen LogP contribution in [-0.4, -0.2) is 25.5 Å². The van der Waals surface area contributed by atoms with Crippen LogP contribution >= 0.6 is 12.4 Å². The van der Waals surface area contributed by atoms with Crippen molar-refractivity contribution in [2.24, 2.45) is 11.3 Å². The zero-order valence-corrected chi connectivity index (χ0v) is 13.0. The molecule has 0 radical (unpaired) electrons. The molecule has 4 heteroatoms. The Kier molecular flexibility index (Phi) is 4.40. The molecule has 3 nitrogen and oxygen atoms in total. The maximum Gasteiger partial charge on any atom is 0.234 e. The van der Waals surface area contributed by atoms with Crippen molar-refractivity contribution in [3.05, 3.63) is 29.8 Å². The molecule has 0 aromatic heterocycles. The number of benzene rings is 1. The van der Waals surface area contributed by atoms with E-state index in [1.165, 1.54) is 5.56 Å². The van der Waals surface area contributed by atoms with Crippen LogP contribution in [0.25, 0.3) is 0 Å². The van der Waals surface area contributed by atoms with Gasteiger partial charge in [-0.25, -0.2) is 0 Å². The second kappa shape index (κ2) is 5.74. The van der Waals surface area contributed by atoms with E-state index in [0.29, 0.717) is 11.8 Å². The largest absolute Gasteiger partial charge is 0.316 e. The van der Waals surface area contributed by atoms with Crippen molar-refractivity contribution in [1.82, 2.24) is 5.32 Å². The first-order valence-corrected chi connectivity index (χ1v) is 7.23. The van der Waals surface area contributed by atoms with E-state index in [4.69, 9.17) is 0 Å². The molecule has 1 aromatic rings. The van der Waals surface area contributed by atoms with Crippen LogP contribution in [0.5, 0.6) is 0 Å². The molecule has 0 saturated carbocycles. The highest BCUT2D eigenvalue weighted by molar-refractivity contribution is 6.01. The normalized spacial score (nSPS) is 24.9. The summed E-state index contributed by atoms with van der Waals surface area (Å²) in [6.45, 7) is 6.95. The number of nitrogens with one attached hydrogen (secondary N) is 1. The van der Waals surface area contributed by atoms with E-state index in [1.54, 1.807) is 0 Å². The minimum atomic E-state index is -0.191. The van der Waals surface area contributed by atoms with Crippen LogP contribution < -0.4 is 10.2 Å². The molecule has 1 N–H and O–H groups in total. The van der Waals surface area contributed by atoms with Crippen LogP contribution in [-0.2, 0) is 11.2 Å². The number of anilines is 1. The number of carbonyl (C=O) groups excluding carboxylic acids is 1. The van der Waals surface area contributed by atoms with Gasteiger partial charge in [-0.2, -0.15) is 0 Å². The minimum Gasteiger partial charge on any atom is -0.316 e. The molecule has 20 heavy (non-hydrogen) atoms. The number of hydrogen-bond acceptors (Lipinski definition) is 2. The first-order valence-electron chi connectivity index (χ1n) is 7.23. The number of hydrogen-bond donors (Lipinski definition) is 1. The molecule has 1 spiro atoms. The van der Waals surface area contributed by atoms with E-state index in [-0.39, 0.29) is 17.8 Å². The van der Waals surface area contributed by atoms with Crippen LogP contribution in [0.2, 0.25) is 0 Å². The number of carbonyl (C=O) groups is 1. The summed E-state index contributed by atoms with van der Waals surface area (Å²) < 4.78 is 0. The van der Waals surface area contributed by atoms with Gasteiger partial charge in [-0.3, -0.25) is 4.79 Å². The molecule has 3 rings (SSSR count). The van der Waals surface area contributed by atoms with E-state index in [0.717, 1.165) is 38.2 Å². The Morgan fingerprint density at radius 3 is 2.75 bits per heavy atom. The maximum atomic E-state index is 12.9. The molecule has 0 aliphatic carbocycles. The molecular formula is C16H23ClN2O. The Morgan fingerprint density at radius 1 is 1.35 bits per heavy atom. The highest BCUT2D eigenvalue weighted by atomic mass is 35.5. The molecule has 1 saturated heterocycles. The first kappa shape index (κ1) is 15.3. The van der Waals surface area contributed by atoms with E-state index in [9.17, 15) is 4.79 Å². The summed E-state index contributed by atoms with van der Waals surface area (Å²) in [6, 6.07) is 8.38. The van der Waals surface area contributed by atoms with E-state index >= 15 is 0 Å². The van der Waals surface area contributed by atoms with Crippen molar-refractivity contribution < 1.29 is 4.79 Å². The van der Waals surface area contributed by atoms with Crippen molar-refractivity contribution in [3.63, 3.8) is 0 Å². The number of rotatable bonds is 2. The number of fused-ring (bicyclic) bond motifs is 1. The van der Waals surface area contributed by atoms with Gasteiger partial charge < -0.3 is 10.2 Å². The smallest absolute Gasteiger partial charge is 0.234 e. The summed E-state index contributed by atoms with van der Waals surface area (Å²) in [4.78, 5) is 15.0. The van der Waals surface area contributed by atoms with Gasteiger partial charge in [0, 0.05) is 18.8 Å². The second-order valence-corrected chi connectivity index (χ2v) is 6.32. The van der Waals surface area contributed by atoms with Crippen LogP contribution in [0.1, 0.15) is 25.8 Å². The van der Waals surface area contributed by atoms with Crippen LogP contribution in [0.3, 0.4) is 0 Å². The Balaban J connectivity index is 0.00000147. The molecule has 1 unspecified atom stereocenters. The molecule has 0 bridgehead atoms. The lowest BCUT2D eigenvalue weighted by atomic mass is 9.76. The summed E-state index contributed by atoms with van der Waals surface area (Å²) in [5, 5.41) is 3.37. The molecule has 2 aliphatic rings. The number of nitrogens with zero attached hydrogens (tertiary/aromatic N) is 1. The molecule has 1 amide bonds. The minimum absolute atomic E-state index is 0. The first-order chi connectivity index (χ1) is 9.12. The fourth-order valence-electron chi connectivity index (χ4n) is 3.38. The van der Waals surface area contributed by atoms with Gasteiger partial charge in [0.2, 0.25) is 5.91 Å². The Hall–Kier alpha value is -1.06. The summed E-state index contributed by atoms with van der Waals surface area (Å²) >= 11 is 0. The second-order valence-electron chi connectivity index (χ2n) is 6.32. The number of para-hydroxylation sites is 1. The average Bonchev–Trinajstić information content (AvgIpc) is 2.84. The molecule has 2 aliphatic heterocycles. The zero-order valence-electron chi connectivity index (χ0n) is 12.2. The fourth-order valence-corrected chi connectivity index (χ4v) is 3.38. The van der Waals surface area contributed by atoms with Gasteiger partial charge in [0.25, 0.3) is 0 Å². The van der Waals surface area contributed by atoms with Crippen molar-refractivity contribution in [3.8, 4) is 0 Å². The van der Waals surface area contributed by atoms with Crippen LogP contribution in [0, 0.1) is 11.3 Å². The van der Waals surface area contributed by atoms with Crippen molar-refractivity contribution >= 4 is 24.0 Å². The summed E-state index contributed by atoms with van der Waals surface area (Å²) in [7, 11) is 0. The molecular weight excluding hydrogens is 272 g/mol. The summed E-state index contributed by atoms with van der Waals surface area (Å²) in [5.41, 5.74) is 2.26. The number of halogens is 1. The Labute approximate surface area is 127 Å². The lowest BCUT2D eigenvalue weighted by molar-refractivity contribution is -0.128. The fraction of sp³-hybridized carbons (Fsp3) is 0.562. The van der Waals surface area contributed by atoms with Gasteiger partial charge in [-0.05, 0) is 36.9 Å². The third-order valence-electron chi connectivity index (χ3n) is 4.30. The highest BCUT2D eigenvalue weighted by Gasteiger charge is 2.47. The van der Waals surface area contributed by atoms with Crippen molar-refractivity contribution in [2.45, 2.75) is 26.7 Å². The maximum absolute atomic E-state index is 12.9. The monoisotopic (exact) mass is 294 g/mol. The van der Waals surface area contributed by atoms with Crippen molar-refractivity contribution in [2.75, 3.05) is 24.5 Å². The third kappa shape index (κ3) is 2.45. The van der Waals surface area contributed by atoms with Gasteiger partial charge in [0.15, 0.2) is 0 Å². The van der Waals surface area contributed by atoms with E-state index in [1.807, 2.05) is 11.0 Å². The molecule has 1 fully saturated rings. The molecule has 1 aromatic carbocycles. The quantitative estimate of drug-likeness (QED) is 0.909. The highest BCUT2D eigenvalue weighted by Crippen LogP contribution is 2.41. The predicted octanol–water partition coefficient (Wildman–Crippen LogP) is 2.63. The molecule has 2 heterocycles.